The molecule has 0 spiro atoms. The molecular weight excluding hydrogens is 280 g/mol. The van der Waals surface area contributed by atoms with Gasteiger partial charge in [0.1, 0.15) is 5.60 Å². The molecule has 1 amide bonds. The van der Waals surface area contributed by atoms with Crippen LogP contribution in [0.1, 0.15) is 45.7 Å². The molecule has 1 aromatic carbocycles. The Hall–Kier alpha value is -2.19. The molecule has 1 aromatic rings. The molecule has 0 heterocycles. The highest BCUT2D eigenvalue weighted by Gasteiger charge is 2.24. The molecule has 0 fully saturated rings. The van der Waals surface area contributed by atoms with Gasteiger partial charge in [-0.1, -0.05) is 12.1 Å². The van der Waals surface area contributed by atoms with Crippen molar-refractivity contribution in [3.05, 3.63) is 35.4 Å². The second-order valence-corrected chi connectivity index (χ2v) is 6.58. The maximum atomic E-state index is 11.8. The predicted octanol–water partition coefficient (Wildman–Crippen LogP) is 3.25. The zero-order valence-electron chi connectivity index (χ0n) is 13.7. The second-order valence-electron chi connectivity index (χ2n) is 6.58. The highest BCUT2D eigenvalue weighted by atomic mass is 16.6. The van der Waals surface area contributed by atoms with E-state index in [0.29, 0.717) is 17.7 Å². The van der Waals surface area contributed by atoms with Crippen LogP contribution in [-0.4, -0.2) is 28.1 Å². The minimum atomic E-state index is -1.25. The predicted molar refractivity (Wildman–Crippen MR) is 84.8 cm³/mol. The van der Waals surface area contributed by atoms with E-state index in [1.165, 1.54) is 0 Å². The normalized spacial score (nSPS) is 12.7. The fourth-order valence-corrected chi connectivity index (χ4v) is 1.68. The lowest BCUT2D eigenvalue weighted by Crippen LogP contribution is -2.34. The summed E-state index contributed by atoms with van der Waals surface area (Å²) >= 11 is 0. The molecule has 0 aromatic heterocycles. The molecule has 0 radical (unpaired) electrons. The van der Waals surface area contributed by atoms with Crippen LogP contribution in [-0.2, 0) is 11.2 Å². The van der Waals surface area contributed by atoms with Crippen LogP contribution in [0.3, 0.4) is 0 Å². The Balaban J connectivity index is 2.99. The van der Waals surface area contributed by atoms with E-state index in [9.17, 15) is 9.90 Å². The lowest BCUT2D eigenvalue weighted by Gasteiger charge is -2.22. The molecule has 22 heavy (non-hydrogen) atoms. The molecular formula is C17H22N2O3. The molecule has 0 atom stereocenters. The number of nitrogens with zero attached hydrogens (tertiary/aromatic N) is 2. The van der Waals surface area contributed by atoms with Crippen LogP contribution in [0.4, 0.5) is 4.79 Å². The van der Waals surface area contributed by atoms with Crippen molar-refractivity contribution in [1.29, 1.82) is 5.26 Å². The van der Waals surface area contributed by atoms with E-state index in [-0.39, 0.29) is 0 Å². The SMILES string of the molecule is CC(C)(C)OC(=O)N=C(Cc1ccc(C#N)cc1)C(C)(C)O. The lowest BCUT2D eigenvalue weighted by molar-refractivity contribution is 0.0596. The van der Waals surface area contributed by atoms with Crippen LogP contribution in [0, 0.1) is 11.3 Å². The summed E-state index contributed by atoms with van der Waals surface area (Å²) in [5, 5.41) is 19.0. The first-order valence-corrected chi connectivity index (χ1v) is 7.04. The van der Waals surface area contributed by atoms with E-state index in [1.807, 2.05) is 6.07 Å². The van der Waals surface area contributed by atoms with E-state index in [4.69, 9.17) is 10.00 Å². The Morgan fingerprint density at radius 1 is 1.23 bits per heavy atom. The molecule has 1 rings (SSSR count). The number of benzene rings is 1. The van der Waals surface area contributed by atoms with Crippen molar-refractivity contribution in [3.8, 4) is 6.07 Å². The van der Waals surface area contributed by atoms with Gasteiger partial charge in [0.25, 0.3) is 0 Å². The van der Waals surface area contributed by atoms with Gasteiger partial charge in [-0.3, -0.25) is 0 Å². The van der Waals surface area contributed by atoms with Gasteiger partial charge in [0.2, 0.25) is 0 Å². The van der Waals surface area contributed by atoms with Gasteiger partial charge >= 0.3 is 6.09 Å². The largest absolute Gasteiger partial charge is 0.442 e. The molecule has 0 aliphatic carbocycles. The van der Waals surface area contributed by atoms with Crippen molar-refractivity contribution in [3.63, 3.8) is 0 Å². The lowest BCUT2D eigenvalue weighted by atomic mass is 9.95. The van der Waals surface area contributed by atoms with Gasteiger partial charge < -0.3 is 9.84 Å². The summed E-state index contributed by atoms with van der Waals surface area (Å²) in [4.78, 5) is 15.8. The molecule has 1 N–H and O–H groups in total. The number of aliphatic hydroxyl groups is 1. The van der Waals surface area contributed by atoms with Gasteiger partial charge in [-0.15, -0.1) is 0 Å². The monoisotopic (exact) mass is 302 g/mol. The van der Waals surface area contributed by atoms with Crippen molar-refractivity contribution in [2.75, 3.05) is 0 Å². The number of rotatable bonds is 3. The Kier molecular flexibility index (Phi) is 5.45. The van der Waals surface area contributed by atoms with Crippen molar-refractivity contribution < 1.29 is 14.6 Å². The van der Waals surface area contributed by atoms with Crippen LogP contribution in [0.5, 0.6) is 0 Å². The first-order valence-electron chi connectivity index (χ1n) is 7.04. The third-order valence-corrected chi connectivity index (χ3v) is 2.78. The standard InChI is InChI=1S/C17H22N2O3/c1-16(2,3)22-15(20)19-14(17(4,5)21)10-12-6-8-13(11-18)9-7-12/h6-9,21H,10H2,1-5H3. The fraction of sp³-hybridized carbons (Fsp3) is 0.471. The van der Waals surface area contributed by atoms with Crippen molar-refractivity contribution in [2.45, 2.75) is 52.2 Å². The topological polar surface area (TPSA) is 82.7 Å². The Bertz CT molecular complexity index is 597. The molecule has 0 aliphatic heterocycles. The summed E-state index contributed by atoms with van der Waals surface area (Å²) in [6, 6.07) is 8.96. The average molecular weight is 302 g/mol. The molecule has 5 nitrogen and oxygen atoms in total. The van der Waals surface area contributed by atoms with E-state index >= 15 is 0 Å². The van der Waals surface area contributed by atoms with Crippen LogP contribution < -0.4 is 0 Å². The van der Waals surface area contributed by atoms with Gasteiger partial charge in [0.05, 0.1) is 22.9 Å². The zero-order chi connectivity index (χ0) is 17.0. The highest BCUT2D eigenvalue weighted by molar-refractivity contribution is 5.99. The number of hydrogen-bond donors (Lipinski definition) is 1. The van der Waals surface area contributed by atoms with Gasteiger partial charge in [0.15, 0.2) is 0 Å². The molecule has 0 aliphatic rings. The summed E-state index contributed by atoms with van der Waals surface area (Å²) in [5.74, 6) is 0. The quantitative estimate of drug-likeness (QED) is 0.869. The summed E-state index contributed by atoms with van der Waals surface area (Å²) in [5.41, 5.74) is -0.169. The first-order chi connectivity index (χ1) is 10.0. The van der Waals surface area contributed by atoms with E-state index in [1.54, 1.807) is 58.9 Å². The summed E-state index contributed by atoms with van der Waals surface area (Å²) < 4.78 is 5.16. The van der Waals surface area contributed by atoms with Crippen LogP contribution in [0.25, 0.3) is 0 Å². The molecule has 5 heteroatoms. The number of amides is 1. The van der Waals surface area contributed by atoms with Crippen molar-refractivity contribution >= 4 is 11.8 Å². The van der Waals surface area contributed by atoms with Crippen LogP contribution >= 0.6 is 0 Å². The minimum Gasteiger partial charge on any atom is -0.442 e. The fourth-order valence-electron chi connectivity index (χ4n) is 1.68. The number of nitriles is 1. The summed E-state index contributed by atoms with van der Waals surface area (Å²) in [7, 11) is 0. The molecule has 0 saturated carbocycles. The Morgan fingerprint density at radius 3 is 2.18 bits per heavy atom. The first kappa shape index (κ1) is 17.9. The number of carbonyl (C=O) groups is 1. The summed E-state index contributed by atoms with van der Waals surface area (Å²) in [6.45, 7) is 8.40. The Morgan fingerprint density at radius 2 is 1.77 bits per heavy atom. The zero-order valence-corrected chi connectivity index (χ0v) is 13.7. The van der Waals surface area contributed by atoms with Crippen molar-refractivity contribution in [2.24, 2.45) is 4.99 Å². The van der Waals surface area contributed by atoms with Crippen LogP contribution in [0.2, 0.25) is 0 Å². The minimum absolute atomic E-state index is 0.300. The summed E-state index contributed by atoms with van der Waals surface area (Å²) in [6.07, 6.45) is -0.424. The average Bonchev–Trinajstić information content (AvgIpc) is 2.35. The number of carbonyl (C=O) groups excluding carboxylic acids is 1. The highest BCUT2D eigenvalue weighted by Crippen LogP contribution is 2.15. The smallest absolute Gasteiger partial charge is 0.434 e. The van der Waals surface area contributed by atoms with Crippen molar-refractivity contribution in [1.82, 2.24) is 0 Å². The van der Waals surface area contributed by atoms with E-state index < -0.39 is 17.3 Å². The van der Waals surface area contributed by atoms with E-state index in [0.717, 1.165) is 5.56 Å². The molecule has 118 valence electrons. The number of aliphatic imine (C=N–C) groups is 1. The third-order valence-electron chi connectivity index (χ3n) is 2.78. The van der Waals surface area contributed by atoms with Gasteiger partial charge in [0, 0.05) is 6.42 Å². The third kappa shape index (κ3) is 6.06. The maximum absolute atomic E-state index is 11.8. The molecule has 0 bridgehead atoms. The van der Waals surface area contributed by atoms with Gasteiger partial charge in [-0.2, -0.15) is 10.3 Å². The Labute approximate surface area is 131 Å². The number of ether oxygens (including phenoxy) is 1. The van der Waals surface area contributed by atoms with E-state index in [2.05, 4.69) is 4.99 Å². The molecule has 0 saturated heterocycles. The maximum Gasteiger partial charge on any atom is 0.434 e. The van der Waals surface area contributed by atoms with Gasteiger partial charge in [-0.25, -0.2) is 4.79 Å². The van der Waals surface area contributed by atoms with Crippen LogP contribution in [0.15, 0.2) is 29.3 Å². The van der Waals surface area contributed by atoms with Gasteiger partial charge in [-0.05, 0) is 52.3 Å². The molecule has 0 unspecified atom stereocenters. The second kappa shape index (κ2) is 6.71. The number of hydrogen-bond acceptors (Lipinski definition) is 4.